The van der Waals surface area contributed by atoms with Crippen LogP contribution in [0.25, 0.3) is 0 Å². The average molecular weight is 409 g/mol. The summed E-state index contributed by atoms with van der Waals surface area (Å²) in [5.74, 6) is 0.267. The van der Waals surface area contributed by atoms with Crippen molar-refractivity contribution >= 4 is 11.7 Å². The summed E-state index contributed by atoms with van der Waals surface area (Å²) < 4.78 is 39.1. The number of carbonyl (C=O) groups is 1. The minimum atomic E-state index is -4.58. The van der Waals surface area contributed by atoms with Crippen LogP contribution in [0.3, 0.4) is 0 Å². The van der Waals surface area contributed by atoms with E-state index in [0.717, 1.165) is 48.2 Å². The maximum absolute atomic E-state index is 12.8. The van der Waals surface area contributed by atoms with Crippen molar-refractivity contribution in [1.82, 2.24) is 19.8 Å². The van der Waals surface area contributed by atoms with Crippen LogP contribution in [0.5, 0.6) is 0 Å². The Balaban J connectivity index is 1.60. The van der Waals surface area contributed by atoms with E-state index in [-0.39, 0.29) is 6.54 Å². The van der Waals surface area contributed by atoms with E-state index in [1.54, 1.807) is 12.3 Å². The van der Waals surface area contributed by atoms with Crippen molar-refractivity contribution in [3.8, 4) is 0 Å². The van der Waals surface area contributed by atoms with Gasteiger partial charge in [-0.1, -0.05) is 0 Å². The molecule has 0 spiro atoms. The quantitative estimate of drug-likeness (QED) is 0.807. The van der Waals surface area contributed by atoms with Gasteiger partial charge in [-0.15, -0.1) is 0 Å². The zero-order chi connectivity index (χ0) is 21.0. The number of rotatable bonds is 5. The molecule has 1 N–H and O–H groups in total. The van der Waals surface area contributed by atoms with Crippen molar-refractivity contribution in [2.24, 2.45) is 0 Å². The molecule has 3 heterocycles. The van der Waals surface area contributed by atoms with Gasteiger partial charge in [-0.05, 0) is 30.8 Å². The summed E-state index contributed by atoms with van der Waals surface area (Å²) in [6, 6.07) is 5.15. The third kappa shape index (κ3) is 5.57. The number of halogens is 3. The van der Waals surface area contributed by atoms with Gasteiger partial charge in [-0.3, -0.25) is 9.59 Å². The van der Waals surface area contributed by atoms with Crippen molar-refractivity contribution in [2.45, 2.75) is 19.3 Å². The van der Waals surface area contributed by atoms with Crippen LogP contribution in [0.4, 0.5) is 19.0 Å². The van der Waals surface area contributed by atoms with Crippen LogP contribution in [0.15, 0.2) is 41.5 Å². The van der Waals surface area contributed by atoms with E-state index in [1.807, 2.05) is 6.07 Å². The van der Waals surface area contributed by atoms with Crippen molar-refractivity contribution in [1.29, 1.82) is 0 Å². The number of nitrogens with one attached hydrogen (secondary N) is 1. The molecule has 1 saturated heterocycles. The van der Waals surface area contributed by atoms with Gasteiger partial charge < -0.3 is 19.7 Å². The maximum Gasteiger partial charge on any atom is 0.417 e. The van der Waals surface area contributed by atoms with Crippen molar-refractivity contribution in [3.05, 3.63) is 58.1 Å². The van der Waals surface area contributed by atoms with Crippen molar-refractivity contribution < 1.29 is 18.0 Å². The minimum absolute atomic E-state index is 0.190. The number of alkyl halides is 3. The van der Waals surface area contributed by atoms with Gasteiger partial charge >= 0.3 is 6.18 Å². The smallest absolute Gasteiger partial charge is 0.354 e. The van der Waals surface area contributed by atoms with Crippen LogP contribution in [0.1, 0.15) is 11.1 Å². The number of carbonyl (C=O) groups excluding carboxylic acids is 1. The van der Waals surface area contributed by atoms with Crippen LogP contribution in [0, 0.1) is 0 Å². The molecule has 1 amide bonds. The molecule has 0 unspecified atom stereocenters. The molecule has 0 bridgehead atoms. The van der Waals surface area contributed by atoms with Crippen LogP contribution >= 0.6 is 0 Å². The number of pyridine rings is 2. The third-order valence-electron chi connectivity index (χ3n) is 4.75. The van der Waals surface area contributed by atoms with Crippen LogP contribution in [-0.2, 0) is 24.1 Å². The fourth-order valence-electron chi connectivity index (χ4n) is 3.01. The van der Waals surface area contributed by atoms with Gasteiger partial charge in [-0.25, -0.2) is 4.98 Å². The molecule has 1 fully saturated rings. The molecule has 0 aromatic carbocycles. The fraction of sp³-hybridized carbons (Fsp3) is 0.421. The first kappa shape index (κ1) is 20.8. The summed E-state index contributed by atoms with van der Waals surface area (Å²) in [7, 11) is 2.06. The molecule has 0 aliphatic carbocycles. The summed E-state index contributed by atoms with van der Waals surface area (Å²) in [5, 5.41) is 2.64. The number of anilines is 1. The molecule has 2 aromatic heterocycles. The zero-order valence-electron chi connectivity index (χ0n) is 15.9. The lowest BCUT2D eigenvalue weighted by molar-refractivity contribution is -0.138. The molecule has 156 valence electrons. The molecule has 3 rings (SSSR count). The largest absolute Gasteiger partial charge is 0.417 e. The number of hydrogen-bond acceptors (Lipinski definition) is 5. The highest BCUT2D eigenvalue weighted by Gasteiger charge is 2.31. The number of amides is 1. The Hall–Kier alpha value is -2.88. The minimum Gasteiger partial charge on any atom is -0.354 e. The van der Waals surface area contributed by atoms with E-state index in [9.17, 15) is 22.8 Å². The Morgan fingerprint density at radius 2 is 1.90 bits per heavy atom. The second-order valence-corrected chi connectivity index (χ2v) is 6.97. The second-order valence-electron chi connectivity index (χ2n) is 6.97. The molecule has 1 aliphatic heterocycles. The Morgan fingerprint density at radius 1 is 1.17 bits per heavy atom. The lowest BCUT2D eigenvalue weighted by Gasteiger charge is -2.33. The maximum atomic E-state index is 12.8. The van der Waals surface area contributed by atoms with Crippen LogP contribution < -0.4 is 15.8 Å². The molecule has 29 heavy (non-hydrogen) atoms. The normalized spacial score (nSPS) is 15.4. The van der Waals surface area contributed by atoms with Gasteiger partial charge in [-0.2, -0.15) is 13.2 Å². The highest BCUT2D eigenvalue weighted by Crippen LogP contribution is 2.28. The molecule has 0 radical (unpaired) electrons. The Labute approximate surface area is 165 Å². The first-order valence-electron chi connectivity index (χ1n) is 9.15. The summed E-state index contributed by atoms with van der Waals surface area (Å²) >= 11 is 0. The van der Waals surface area contributed by atoms with Gasteiger partial charge in [0.1, 0.15) is 12.4 Å². The van der Waals surface area contributed by atoms with E-state index < -0.39 is 29.8 Å². The number of aromatic nitrogens is 2. The second kappa shape index (κ2) is 8.64. The lowest BCUT2D eigenvalue weighted by atomic mass is 10.2. The van der Waals surface area contributed by atoms with Gasteiger partial charge in [0, 0.05) is 51.2 Å². The molecular weight excluding hydrogens is 387 g/mol. The SMILES string of the molecule is CN1CCN(c2cc(CNC(=O)Cn3cc(C(F)(F)F)ccc3=O)ccn2)CC1. The molecule has 0 atom stereocenters. The number of nitrogens with zero attached hydrogens (tertiary/aromatic N) is 4. The van der Waals surface area contributed by atoms with Gasteiger partial charge in [0.05, 0.1) is 5.56 Å². The molecule has 7 nitrogen and oxygen atoms in total. The molecule has 10 heteroatoms. The highest BCUT2D eigenvalue weighted by atomic mass is 19.4. The summed E-state index contributed by atoms with van der Waals surface area (Å²) in [4.78, 5) is 32.6. The van der Waals surface area contributed by atoms with E-state index in [4.69, 9.17) is 0 Å². The average Bonchev–Trinajstić information content (AvgIpc) is 2.68. The summed E-state index contributed by atoms with van der Waals surface area (Å²) in [6.07, 6.45) is -2.27. The van der Waals surface area contributed by atoms with Crippen LogP contribution in [-0.4, -0.2) is 53.6 Å². The topological polar surface area (TPSA) is 70.5 Å². The number of hydrogen-bond donors (Lipinski definition) is 1. The first-order valence-corrected chi connectivity index (χ1v) is 9.15. The highest BCUT2D eigenvalue weighted by molar-refractivity contribution is 5.75. The van der Waals surface area contributed by atoms with Gasteiger partial charge in [0.25, 0.3) is 5.56 Å². The Kier molecular flexibility index (Phi) is 6.21. The van der Waals surface area contributed by atoms with Gasteiger partial charge in [0.15, 0.2) is 0 Å². The predicted molar refractivity (Wildman–Crippen MR) is 101 cm³/mol. The molecule has 1 aliphatic rings. The van der Waals surface area contributed by atoms with Crippen molar-refractivity contribution in [3.63, 3.8) is 0 Å². The van der Waals surface area contributed by atoms with Crippen LogP contribution in [0.2, 0.25) is 0 Å². The Morgan fingerprint density at radius 3 is 2.59 bits per heavy atom. The van der Waals surface area contributed by atoms with Crippen molar-refractivity contribution in [2.75, 3.05) is 38.1 Å². The van der Waals surface area contributed by atoms with E-state index in [0.29, 0.717) is 12.3 Å². The Bertz CT molecular complexity index is 921. The molecule has 0 saturated carbocycles. The third-order valence-corrected chi connectivity index (χ3v) is 4.75. The number of piperazine rings is 1. The fourth-order valence-corrected chi connectivity index (χ4v) is 3.01. The standard InChI is InChI=1S/C19H22F3N5O2/c1-25-6-8-26(9-7-25)16-10-14(4-5-23-16)11-24-17(28)13-27-12-15(19(20,21)22)2-3-18(27)29/h2-5,10,12H,6-9,11,13H2,1H3,(H,24,28). The molecule has 2 aromatic rings. The number of likely N-dealkylation sites (N-methyl/N-ethyl adjacent to an activating group) is 1. The first-order chi connectivity index (χ1) is 13.7. The van der Waals surface area contributed by atoms with E-state index >= 15 is 0 Å². The molecular formula is C19H22F3N5O2. The summed E-state index contributed by atoms with van der Waals surface area (Å²) in [5.41, 5.74) is -0.830. The lowest BCUT2D eigenvalue weighted by Crippen LogP contribution is -2.44. The summed E-state index contributed by atoms with van der Waals surface area (Å²) in [6.45, 7) is 3.30. The van der Waals surface area contributed by atoms with E-state index in [1.165, 1.54) is 0 Å². The van der Waals surface area contributed by atoms with E-state index in [2.05, 4.69) is 27.1 Å². The monoisotopic (exact) mass is 409 g/mol. The van der Waals surface area contributed by atoms with Gasteiger partial charge in [0.2, 0.25) is 5.91 Å². The zero-order valence-corrected chi connectivity index (χ0v) is 15.9. The predicted octanol–water partition coefficient (Wildman–Crippen LogP) is 1.33.